The summed E-state index contributed by atoms with van der Waals surface area (Å²) in [5.41, 5.74) is -2.21. The highest BCUT2D eigenvalue weighted by Crippen LogP contribution is 2.40. The fraction of sp³-hybridized carbons (Fsp3) is 0.263. The van der Waals surface area contributed by atoms with Gasteiger partial charge in [0.05, 0.1) is 11.1 Å². The lowest BCUT2D eigenvalue weighted by molar-refractivity contribution is -0.137. The number of halogens is 6. The van der Waals surface area contributed by atoms with Crippen LogP contribution in [0.25, 0.3) is 21.7 Å². The van der Waals surface area contributed by atoms with Crippen molar-refractivity contribution in [3.8, 4) is 0 Å². The third kappa shape index (κ3) is 3.54. The predicted octanol–water partition coefficient (Wildman–Crippen LogP) is 5.21. The number of aromatic nitrogens is 1. The maximum Gasteiger partial charge on any atom is 0.454 e. The summed E-state index contributed by atoms with van der Waals surface area (Å²) in [5, 5.41) is -0.578. The van der Waals surface area contributed by atoms with Gasteiger partial charge in [-0.2, -0.15) is 26.3 Å². The molecule has 2 aromatic carbocycles. The van der Waals surface area contributed by atoms with Gasteiger partial charge in [-0.3, -0.25) is 9.78 Å². The van der Waals surface area contributed by atoms with E-state index in [2.05, 4.69) is 4.98 Å². The fourth-order valence-electron chi connectivity index (χ4n) is 3.21. The van der Waals surface area contributed by atoms with Crippen LogP contribution in [0.15, 0.2) is 36.5 Å². The molecule has 0 atom stereocenters. The highest BCUT2D eigenvalue weighted by Gasteiger charge is 2.41. The molecule has 0 N–H and O–H groups in total. The van der Waals surface area contributed by atoms with Gasteiger partial charge in [0.15, 0.2) is 0 Å². The van der Waals surface area contributed by atoms with Crippen LogP contribution in [0.1, 0.15) is 21.5 Å². The van der Waals surface area contributed by atoms with E-state index in [-0.39, 0.29) is 28.4 Å². The van der Waals surface area contributed by atoms with Gasteiger partial charge in [-0.25, -0.2) is 0 Å². The molecule has 3 aromatic rings. The zero-order valence-corrected chi connectivity index (χ0v) is 14.7. The minimum Gasteiger partial charge on any atom is -0.305 e. The number of benzene rings is 2. The summed E-state index contributed by atoms with van der Waals surface area (Å²) in [5.74, 6) is -2.20. The highest BCUT2D eigenvalue weighted by molar-refractivity contribution is 6.18. The van der Waals surface area contributed by atoms with Crippen LogP contribution in [0.3, 0.4) is 0 Å². The van der Waals surface area contributed by atoms with Crippen molar-refractivity contribution >= 4 is 27.5 Å². The lowest BCUT2D eigenvalue weighted by Gasteiger charge is -2.19. The van der Waals surface area contributed by atoms with Gasteiger partial charge >= 0.3 is 12.4 Å². The molecule has 3 nitrogen and oxygen atoms in total. The third-order valence-corrected chi connectivity index (χ3v) is 4.23. The van der Waals surface area contributed by atoms with Crippen LogP contribution < -0.4 is 0 Å². The molecule has 0 spiro atoms. The Labute approximate surface area is 155 Å². The lowest BCUT2D eigenvalue weighted by Crippen LogP contribution is -2.23. The van der Waals surface area contributed by atoms with Gasteiger partial charge in [-0.1, -0.05) is 24.3 Å². The Morgan fingerprint density at radius 1 is 1.00 bits per heavy atom. The Bertz CT molecular complexity index is 1070. The van der Waals surface area contributed by atoms with Gasteiger partial charge in [-0.05, 0) is 31.1 Å². The highest BCUT2D eigenvalue weighted by atomic mass is 19.4. The molecule has 1 heterocycles. The van der Waals surface area contributed by atoms with Crippen molar-refractivity contribution < 1.29 is 31.1 Å². The molecule has 0 unspecified atom stereocenters. The molecule has 0 bridgehead atoms. The second-order valence-electron chi connectivity index (χ2n) is 6.59. The summed E-state index contributed by atoms with van der Waals surface area (Å²) < 4.78 is 80.7. The Kier molecular flexibility index (Phi) is 4.82. The molecule has 0 aliphatic heterocycles. The van der Waals surface area contributed by atoms with Crippen molar-refractivity contribution in [3.05, 3.63) is 53.2 Å². The summed E-state index contributed by atoms with van der Waals surface area (Å²) in [6, 6.07) is 6.14. The SMILES string of the molecule is CN(C)Cc1cnc2c(cc(C(=O)C(F)(F)F)c3ccccc32)c1C(F)(F)F. The summed E-state index contributed by atoms with van der Waals surface area (Å²) in [6.07, 6.45) is -8.99. The number of Topliss-reactive ketones (excluding diaryl/α,β-unsaturated/α-hetero) is 1. The average molecular weight is 400 g/mol. The number of fused-ring (bicyclic) bond motifs is 3. The number of hydrogen-bond acceptors (Lipinski definition) is 3. The number of rotatable bonds is 3. The van der Waals surface area contributed by atoms with Gasteiger partial charge in [0.2, 0.25) is 0 Å². The first-order chi connectivity index (χ1) is 12.9. The molecular weight excluding hydrogens is 386 g/mol. The third-order valence-electron chi connectivity index (χ3n) is 4.23. The van der Waals surface area contributed by atoms with Crippen LogP contribution >= 0.6 is 0 Å². The zero-order valence-electron chi connectivity index (χ0n) is 14.7. The molecule has 148 valence electrons. The molecule has 9 heteroatoms. The first kappa shape index (κ1) is 20.1. The lowest BCUT2D eigenvalue weighted by atomic mass is 9.93. The Balaban J connectivity index is 2.50. The van der Waals surface area contributed by atoms with E-state index in [9.17, 15) is 31.1 Å². The number of hydrogen-bond donors (Lipinski definition) is 0. The monoisotopic (exact) mass is 400 g/mol. The van der Waals surface area contributed by atoms with Gasteiger partial charge in [0, 0.05) is 29.1 Å². The van der Waals surface area contributed by atoms with Crippen LogP contribution in [0.5, 0.6) is 0 Å². The zero-order chi connectivity index (χ0) is 20.9. The van der Waals surface area contributed by atoms with Crippen LogP contribution in [-0.4, -0.2) is 35.9 Å². The van der Waals surface area contributed by atoms with Gasteiger partial charge in [0.25, 0.3) is 5.78 Å². The summed E-state index contributed by atoms with van der Waals surface area (Å²) >= 11 is 0. The normalized spacial score (nSPS) is 12.9. The Hall–Kier alpha value is -2.68. The molecule has 28 heavy (non-hydrogen) atoms. The molecule has 0 fully saturated rings. The molecular formula is C19H14F6N2O. The quantitative estimate of drug-likeness (QED) is 0.344. The number of ketones is 1. The van der Waals surface area contributed by atoms with E-state index in [0.717, 1.165) is 6.20 Å². The predicted molar refractivity (Wildman–Crippen MR) is 92.0 cm³/mol. The van der Waals surface area contributed by atoms with Gasteiger partial charge in [-0.15, -0.1) is 0 Å². The number of carbonyl (C=O) groups is 1. The fourth-order valence-corrected chi connectivity index (χ4v) is 3.21. The number of nitrogens with zero attached hydrogens (tertiary/aromatic N) is 2. The number of alkyl halides is 6. The maximum absolute atomic E-state index is 13.8. The van der Waals surface area contributed by atoms with Crippen molar-refractivity contribution in [1.82, 2.24) is 9.88 Å². The maximum atomic E-state index is 13.8. The smallest absolute Gasteiger partial charge is 0.305 e. The average Bonchev–Trinajstić information content (AvgIpc) is 2.57. The molecule has 1 aromatic heterocycles. The van der Waals surface area contributed by atoms with Crippen molar-refractivity contribution in [3.63, 3.8) is 0 Å². The topological polar surface area (TPSA) is 33.2 Å². The largest absolute Gasteiger partial charge is 0.454 e. The van der Waals surface area contributed by atoms with Crippen LogP contribution in [0.4, 0.5) is 26.3 Å². The van der Waals surface area contributed by atoms with Crippen molar-refractivity contribution in [2.45, 2.75) is 18.9 Å². The molecule has 0 aliphatic carbocycles. The second kappa shape index (κ2) is 6.73. The van der Waals surface area contributed by atoms with Crippen LogP contribution in [0, 0.1) is 0 Å². The molecule has 0 saturated carbocycles. The molecule has 3 rings (SSSR count). The van der Waals surface area contributed by atoms with Crippen LogP contribution in [0.2, 0.25) is 0 Å². The first-order valence-corrected chi connectivity index (χ1v) is 8.08. The molecule has 0 aliphatic rings. The van der Waals surface area contributed by atoms with Crippen molar-refractivity contribution in [1.29, 1.82) is 0 Å². The minimum atomic E-state index is -5.22. The van der Waals surface area contributed by atoms with E-state index in [0.29, 0.717) is 6.07 Å². The van der Waals surface area contributed by atoms with Crippen LogP contribution in [-0.2, 0) is 12.7 Å². The minimum absolute atomic E-state index is 0.0505. The Morgan fingerprint density at radius 2 is 1.61 bits per heavy atom. The van der Waals surface area contributed by atoms with Gasteiger partial charge in [0.1, 0.15) is 0 Å². The number of carbonyl (C=O) groups excluding carboxylic acids is 1. The molecule has 0 amide bonds. The van der Waals surface area contributed by atoms with E-state index in [1.54, 1.807) is 14.1 Å². The summed E-state index contributed by atoms with van der Waals surface area (Å²) in [4.78, 5) is 17.5. The van der Waals surface area contributed by atoms with E-state index in [1.807, 2.05) is 0 Å². The second-order valence-corrected chi connectivity index (χ2v) is 6.59. The van der Waals surface area contributed by atoms with E-state index in [1.165, 1.54) is 29.2 Å². The number of pyridine rings is 1. The van der Waals surface area contributed by atoms with E-state index >= 15 is 0 Å². The molecule has 0 saturated heterocycles. The van der Waals surface area contributed by atoms with Gasteiger partial charge < -0.3 is 4.90 Å². The Morgan fingerprint density at radius 3 is 2.14 bits per heavy atom. The van der Waals surface area contributed by atoms with E-state index in [4.69, 9.17) is 0 Å². The summed E-state index contributed by atoms with van der Waals surface area (Å²) in [7, 11) is 3.12. The first-order valence-electron chi connectivity index (χ1n) is 8.08. The van der Waals surface area contributed by atoms with E-state index < -0.39 is 34.6 Å². The molecule has 0 radical (unpaired) electrons. The van der Waals surface area contributed by atoms with Crippen molar-refractivity contribution in [2.75, 3.05) is 14.1 Å². The van der Waals surface area contributed by atoms with Crippen molar-refractivity contribution in [2.24, 2.45) is 0 Å². The standard InChI is InChI=1S/C19H14F6N2O/c1-27(2)9-10-8-26-16-12-6-4-3-5-11(12)13(17(28)19(23,24)25)7-14(16)15(10)18(20,21)22/h3-8H,9H2,1-2H3. The summed E-state index contributed by atoms with van der Waals surface area (Å²) in [6.45, 7) is -0.118.